The van der Waals surface area contributed by atoms with E-state index < -0.39 is 0 Å². The fourth-order valence-electron chi connectivity index (χ4n) is 5.55. The Morgan fingerprint density at radius 3 is 1.00 bits per heavy atom. The Morgan fingerprint density at radius 2 is 0.667 bits per heavy atom. The van der Waals surface area contributed by atoms with Crippen LogP contribution in [-0.2, 0) is 0 Å². The predicted molar refractivity (Wildman–Crippen MR) is 193 cm³/mol. The van der Waals surface area contributed by atoms with Gasteiger partial charge in [0.15, 0.2) is 52.0 Å². The molecule has 7 aromatic heterocycles. The van der Waals surface area contributed by atoms with Crippen molar-refractivity contribution in [2.45, 2.75) is 0 Å². The molecule has 0 unspecified atom stereocenters. The van der Waals surface area contributed by atoms with Gasteiger partial charge in [0, 0.05) is 30.8 Å². The number of fused-ring (bicyclic) bond motifs is 3. The van der Waals surface area contributed by atoms with E-state index in [1.807, 2.05) is 16.1 Å². The number of thiophene rings is 6. The third-order valence-electron chi connectivity index (χ3n) is 7.69. The van der Waals surface area contributed by atoms with E-state index in [1.165, 1.54) is 0 Å². The standard InChI is InChI=1S/C33H21N3O6S6/c1-4-22(46-19(1)28-25-16(13-43-28)37-7-10-40-25)31-34-32(23-5-2-20(47-23)29-26-17(14-44-29)38-8-11-41-26)36-33(35-31)24-6-3-21(48-24)30-27-18(15-45-30)39-9-12-42-27/h1-6,13-15H,7-12H2. The lowest BCUT2D eigenvalue weighted by atomic mass is 10.3. The van der Waals surface area contributed by atoms with Crippen molar-refractivity contribution in [1.82, 2.24) is 15.0 Å². The molecule has 0 fully saturated rings. The summed E-state index contributed by atoms with van der Waals surface area (Å²) >= 11 is 9.77. The van der Waals surface area contributed by atoms with E-state index in [-0.39, 0.29) is 0 Å². The van der Waals surface area contributed by atoms with Crippen LogP contribution in [0.5, 0.6) is 34.5 Å². The van der Waals surface area contributed by atoms with Crippen LogP contribution in [0.1, 0.15) is 0 Å². The summed E-state index contributed by atoms with van der Waals surface area (Å²) < 4.78 is 35.3. The Labute approximate surface area is 297 Å². The van der Waals surface area contributed by atoms with Gasteiger partial charge in [-0.3, -0.25) is 0 Å². The molecule has 240 valence electrons. The highest BCUT2D eigenvalue weighted by Gasteiger charge is 2.25. The number of nitrogens with zero attached hydrogens (tertiary/aromatic N) is 3. The van der Waals surface area contributed by atoms with Crippen molar-refractivity contribution in [2.24, 2.45) is 0 Å². The highest BCUT2D eigenvalue weighted by atomic mass is 32.1. The van der Waals surface area contributed by atoms with Gasteiger partial charge in [-0.15, -0.1) is 68.0 Å². The second kappa shape index (κ2) is 11.9. The van der Waals surface area contributed by atoms with Crippen molar-refractivity contribution in [3.63, 3.8) is 0 Å². The highest BCUT2D eigenvalue weighted by Crippen LogP contribution is 2.51. The Hall–Kier alpha value is -3.99. The molecule has 15 heteroatoms. The molecule has 3 aliphatic heterocycles. The molecule has 0 saturated heterocycles. The molecule has 0 bridgehead atoms. The van der Waals surface area contributed by atoms with Gasteiger partial charge >= 0.3 is 0 Å². The van der Waals surface area contributed by atoms with Gasteiger partial charge < -0.3 is 28.4 Å². The van der Waals surface area contributed by atoms with Crippen LogP contribution in [0.15, 0.2) is 52.5 Å². The molecule has 10 heterocycles. The fourth-order valence-corrected chi connectivity index (χ4v) is 11.5. The first kappa shape index (κ1) is 29.0. The average Bonchev–Trinajstić information content (AvgIpc) is 3.98. The molecule has 3 aliphatic rings. The lowest BCUT2D eigenvalue weighted by molar-refractivity contribution is 0.174. The zero-order valence-electron chi connectivity index (χ0n) is 24.7. The van der Waals surface area contributed by atoms with Gasteiger partial charge in [-0.2, -0.15) is 0 Å². The molecule has 0 aliphatic carbocycles. The number of aromatic nitrogens is 3. The summed E-state index contributed by atoms with van der Waals surface area (Å²) in [7, 11) is 0. The second-order valence-corrected chi connectivity index (χ2v) is 16.6. The SMILES string of the molecule is c1cc(-c2scc3c2OCCO3)sc1-c1nc(-c2ccc(-c3scc4c3OCCO4)s2)nc(-c2ccc(-c3scc4c3OCCO4)s2)n1. The van der Waals surface area contributed by atoms with Crippen LogP contribution < -0.4 is 28.4 Å². The largest absolute Gasteiger partial charge is 0.485 e. The Balaban J connectivity index is 1.06. The Bertz CT molecular complexity index is 2040. The average molecular weight is 748 g/mol. The molecule has 0 N–H and O–H groups in total. The molecule has 7 aromatic rings. The van der Waals surface area contributed by atoms with E-state index >= 15 is 0 Å². The molecular formula is C33H21N3O6S6. The van der Waals surface area contributed by atoms with Crippen LogP contribution in [0.2, 0.25) is 0 Å². The van der Waals surface area contributed by atoms with Crippen molar-refractivity contribution in [3.05, 3.63) is 52.5 Å². The van der Waals surface area contributed by atoms with Gasteiger partial charge in [0.1, 0.15) is 39.6 Å². The zero-order valence-corrected chi connectivity index (χ0v) is 29.6. The molecule has 9 nitrogen and oxygen atoms in total. The molecule has 10 rings (SSSR count). The Kier molecular flexibility index (Phi) is 7.16. The second-order valence-electron chi connectivity index (χ2n) is 10.7. The maximum absolute atomic E-state index is 5.97. The van der Waals surface area contributed by atoms with Gasteiger partial charge in [0.25, 0.3) is 0 Å². The molecule has 0 amide bonds. The Morgan fingerprint density at radius 1 is 0.375 bits per heavy atom. The van der Waals surface area contributed by atoms with Gasteiger partial charge in [0.05, 0.1) is 29.3 Å². The van der Waals surface area contributed by atoms with Crippen LogP contribution in [0.3, 0.4) is 0 Å². The van der Waals surface area contributed by atoms with Crippen LogP contribution in [0.4, 0.5) is 0 Å². The normalized spacial score (nSPS) is 14.8. The maximum Gasteiger partial charge on any atom is 0.180 e. The van der Waals surface area contributed by atoms with Crippen molar-refractivity contribution in [3.8, 4) is 95.9 Å². The summed E-state index contributed by atoms with van der Waals surface area (Å²) in [6.07, 6.45) is 0. The summed E-state index contributed by atoms with van der Waals surface area (Å²) in [4.78, 5) is 24.4. The van der Waals surface area contributed by atoms with Crippen molar-refractivity contribution >= 4 is 68.0 Å². The van der Waals surface area contributed by atoms with Crippen LogP contribution in [0, 0.1) is 0 Å². The van der Waals surface area contributed by atoms with E-state index in [0.29, 0.717) is 57.1 Å². The zero-order chi connectivity index (χ0) is 31.6. The van der Waals surface area contributed by atoms with Gasteiger partial charge in [-0.25, -0.2) is 15.0 Å². The van der Waals surface area contributed by atoms with E-state index in [2.05, 4.69) is 36.4 Å². The smallest absolute Gasteiger partial charge is 0.180 e. The van der Waals surface area contributed by atoms with Crippen LogP contribution >= 0.6 is 68.0 Å². The minimum Gasteiger partial charge on any atom is -0.485 e. The quantitative estimate of drug-likeness (QED) is 0.165. The lowest BCUT2D eigenvalue weighted by Crippen LogP contribution is -2.14. The van der Waals surface area contributed by atoms with Gasteiger partial charge in [-0.1, -0.05) is 0 Å². The molecular weight excluding hydrogens is 727 g/mol. The van der Waals surface area contributed by atoms with E-state index in [4.69, 9.17) is 43.4 Å². The summed E-state index contributed by atoms with van der Waals surface area (Å²) in [6.45, 7) is 3.33. The molecule has 0 spiro atoms. The van der Waals surface area contributed by atoms with Crippen molar-refractivity contribution in [2.75, 3.05) is 39.6 Å². The molecule has 0 saturated carbocycles. The van der Waals surface area contributed by atoms with Gasteiger partial charge in [-0.05, 0) is 36.4 Å². The number of ether oxygens (including phenoxy) is 6. The third-order valence-corrected chi connectivity index (χ3v) is 14.3. The monoisotopic (exact) mass is 747 g/mol. The number of rotatable bonds is 6. The highest BCUT2D eigenvalue weighted by molar-refractivity contribution is 7.25. The number of hydrogen-bond donors (Lipinski definition) is 0. The molecule has 0 atom stereocenters. The summed E-state index contributed by atoms with van der Waals surface area (Å²) in [5.74, 6) is 6.69. The fraction of sp³-hybridized carbons (Fsp3) is 0.182. The topological polar surface area (TPSA) is 94.1 Å². The van der Waals surface area contributed by atoms with Gasteiger partial charge in [0.2, 0.25) is 0 Å². The minimum absolute atomic E-state index is 0.543. The predicted octanol–water partition coefficient (Wildman–Crippen LogP) is 9.56. The van der Waals surface area contributed by atoms with E-state index in [1.54, 1.807) is 68.0 Å². The summed E-state index contributed by atoms with van der Waals surface area (Å²) in [5.41, 5.74) is 0. The van der Waals surface area contributed by atoms with Crippen molar-refractivity contribution < 1.29 is 28.4 Å². The van der Waals surface area contributed by atoms with E-state index in [9.17, 15) is 0 Å². The molecule has 0 radical (unpaired) electrons. The minimum atomic E-state index is 0.543. The van der Waals surface area contributed by atoms with Crippen LogP contribution in [0.25, 0.3) is 61.4 Å². The van der Waals surface area contributed by atoms with Crippen molar-refractivity contribution in [1.29, 1.82) is 0 Å². The van der Waals surface area contributed by atoms with E-state index in [0.717, 1.165) is 78.4 Å². The summed E-state index contributed by atoms with van der Waals surface area (Å²) in [5, 5.41) is 6.03. The van der Waals surface area contributed by atoms with Crippen LogP contribution in [-0.4, -0.2) is 54.6 Å². The first-order valence-corrected chi connectivity index (χ1v) is 20.0. The maximum atomic E-state index is 5.97. The lowest BCUT2D eigenvalue weighted by Gasteiger charge is -2.15. The first-order chi connectivity index (χ1) is 23.7. The molecule has 48 heavy (non-hydrogen) atoms. The summed E-state index contributed by atoms with van der Waals surface area (Å²) in [6, 6.07) is 12.5. The first-order valence-electron chi connectivity index (χ1n) is 14.9. The number of hydrogen-bond acceptors (Lipinski definition) is 15. The molecule has 0 aromatic carbocycles. The third kappa shape index (κ3) is 4.99.